The van der Waals surface area contributed by atoms with Crippen molar-refractivity contribution in [3.05, 3.63) is 47.9 Å². The molecule has 0 unspecified atom stereocenters. The number of nitrogens with one attached hydrogen (secondary N) is 1. The molecule has 6 heteroatoms. The molecule has 6 rings (SSSR count). The number of amides is 1. The van der Waals surface area contributed by atoms with Crippen LogP contribution in [0.3, 0.4) is 0 Å². The molecule has 4 aliphatic rings. The lowest BCUT2D eigenvalue weighted by Gasteiger charge is -2.54. The average molecular weight is 404 g/mol. The molecule has 3 aliphatic heterocycles. The second-order valence-corrected chi connectivity index (χ2v) is 9.41. The molecule has 0 aromatic carbocycles. The number of aromatic nitrogens is 3. The minimum atomic E-state index is 0.0902. The molecule has 3 fully saturated rings. The Hall–Kier alpha value is -2.47. The maximum atomic E-state index is 13.5. The van der Waals surface area contributed by atoms with Gasteiger partial charge >= 0.3 is 0 Å². The number of likely N-dealkylation sites (tertiary alicyclic amines) is 1. The van der Waals surface area contributed by atoms with E-state index in [1.165, 1.54) is 37.8 Å². The number of pyridine rings is 1. The van der Waals surface area contributed by atoms with Gasteiger partial charge in [-0.3, -0.25) is 19.8 Å². The van der Waals surface area contributed by atoms with Crippen molar-refractivity contribution >= 4 is 5.91 Å². The molecular formula is C24H29N5O. The molecule has 6 nitrogen and oxygen atoms in total. The highest BCUT2D eigenvalue weighted by Gasteiger charge is 2.47. The summed E-state index contributed by atoms with van der Waals surface area (Å²) in [7, 11) is 0. The fraction of sp³-hybridized carbons (Fsp3) is 0.542. The van der Waals surface area contributed by atoms with Crippen LogP contribution in [0.15, 0.2) is 42.2 Å². The zero-order valence-corrected chi connectivity index (χ0v) is 17.3. The summed E-state index contributed by atoms with van der Waals surface area (Å²) in [5.41, 5.74) is 3.81. The van der Waals surface area contributed by atoms with Gasteiger partial charge in [-0.05, 0) is 68.7 Å². The van der Waals surface area contributed by atoms with E-state index in [0.29, 0.717) is 17.5 Å². The van der Waals surface area contributed by atoms with Crippen molar-refractivity contribution in [1.29, 1.82) is 0 Å². The molecule has 0 saturated carbocycles. The van der Waals surface area contributed by atoms with Crippen LogP contribution in [0, 0.1) is 11.8 Å². The van der Waals surface area contributed by atoms with E-state index >= 15 is 0 Å². The van der Waals surface area contributed by atoms with E-state index in [1.54, 1.807) is 12.4 Å². The molecule has 3 saturated heterocycles. The van der Waals surface area contributed by atoms with Gasteiger partial charge < -0.3 is 4.90 Å². The number of carbonyl (C=O) groups is 1. The molecule has 1 amide bonds. The minimum absolute atomic E-state index is 0.0902. The van der Waals surface area contributed by atoms with Crippen molar-refractivity contribution in [1.82, 2.24) is 25.0 Å². The molecule has 0 radical (unpaired) electrons. The van der Waals surface area contributed by atoms with Crippen LogP contribution in [0.1, 0.15) is 49.0 Å². The molecule has 0 spiro atoms. The highest BCUT2D eigenvalue weighted by Crippen LogP contribution is 2.45. The van der Waals surface area contributed by atoms with Crippen LogP contribution >= 0.6 is 0 Å². The first kappa shape index (κ1) is 18.3. The smallest absolute Gasteiger partial charge is 0.272 e. The second-order valence-electron chi connectivity index (χ2n) is 9.41. The number of rotatable bonds is 2. The predicted molar refractivity (Wildman–Crippen MR) is 115 cm³/mol. The zero-order chi connectivity index (χ0) is 20.1. The van der Waals surface area contributed by atoms with Crippen molar-refractivity contribution < 1.29 is 4.79 Å². The lowest BCUT2D eigenvalue weighted by Crippen LogP contribution is -2.60. The van der Waals surface area contributed by atoms with Crippen molar-refractivity contribution in [3.63, 3.8) is 0 Å². The molecule has 2 aromatic rings. The second kappa shape index (κ2) is 7.34. The van der Waals surface area contributed by atoms with E-state index in [-0.39, 0.29) is 11.9 Å². The number of piperidine rings is 3. The van der Waals surface area contributed by atoms with Crippen LogP contribution < -0.4 is 0 Å². The van der Waals surface area contributed by atoms with Gasteiger partial charge in [-0.25, -0.2) is 0 Å². The van der Waals surface area contributed by atoms with Gasteiger partial charge in [0.05, 0.1) is 11.7 Å². The van der Waals surface area contributed by atoms with Crippen LogP contribution in [-0.4, -0.2) is 62.6 Å². The van der Waals surface area contributed by atoms with E-state index in [2.05, 4.69) is 31.1 Å². The SMILES string of the molecule is O=C(c1cc(-c2cccnc2)n[nH]1)N1CCCC2=C[C@H]3C[C@@H](CN4CCCC[C@H]34)[C@H]21. The summed E-state index contributed by atoms with van der Waals surface area (Å²) in [4.78, 5) is 22.6. The third kappa shape index (κ3) is 3.00. The predicted octanol–water partition coefficient (Wildman–Crippen LogP) is 3.51. The Balaban J connectivity index is 1.28. The quantitative estimate of drug-likeness (QED) is 0.780. The van der Waals surface area contributed by atoms with Crippen LogP contribution in [0.2, 0.25) is 0 Å². The van der Waals surface area contributed by atoms with Crippen LogP contribution in [0.5, 0.6) is 0 Å². The van der Waals surface area contributed by atoms with Gasteiger partial charge in [0.25, 0.3) is 5.91 Å². The van der Waals surface area contributed by atoms with Crippen LogP contribution in [-0.2, 0) is 0 Å². The average Bonchev–Trinajstić information content (AvgIpc) is 3.29. The third-order valence-electron chi connectivity index (χ3n) is 7.68. The standard InChI is InChI=1S/C24H29N5O/c30-24(21-13-20(26-27-21)17-5-3-8-25-14-17)29-10-4-6-16-11-18-12-19(23(16)29)15-28-9-2-1-7-22(18)28/h3,5,8,11,13-14,18-19,22-23H,1-2,4,6-7,9-10,12,15H2,(H,26,27)/t18-,19-,22+,23-/m0/s1. The zero-order valence-electron chi connectivity index (χ0n) is 17.3. The topological polar surface area (TPSA) is 65.1 Å². The number of carbonyl (C=O) groups excluding carboxylic acids is 1. The van der Waals surface area contributed by atoms with E-state index in [9.17, 15) is 4.79 Å². The minimum Gasteiger partial charge on any atom is -0.330 e. The number of nitrogens with zero attached hydrogens (tertiary/aromatic N) is 4. The number of aromatic amines is 1. The lowest BCUT2D eigenvalue weighted by atomic mass is 9.68. The van der Waals surface area contributed by atoms with E-state index in [0.717, 1.165) is 43.2 Å². The van der Waals surface area contributed by atoms with Gasteiger partial charge in [-0.1, -0.05) is 18.1 Å². The lowest BCUT2D eigenvalue weighted by molar-refractivity contribution is 0.00131. The summed E-state index contributed by atoms with van der Waals surface area (Å²) in [6, 6.07) is 6.74. The van der Waals surface area contributed by atoms with Crippen LogP contribution in [0.25, 0.3) is 11.3 Å². The number of fused-ring (bicyclic) bond motifs is 6. The molecule has 1 aliphatic carbocycles. The van der Waals surface area contributed by atoms with Gasteiger partial charge in [0.2, 0.25) is 0 Å². The Bertz CT molecular complexity index is 967. The van der Waals surface area contributed by atoms with Gasteiger partial charge in [0, 0.05) is 37.1 Å². The van der Waals surface area contributed by atoms with Crippen molar-refractivity contribution in [2.24, 2.45) is 11.8 Å². The fourth-order valence-corrected chi connectivity index (χ4v) is 6.45. The monoisotopic (exact) mass is 403 g/mol. The maximum absolute atomic E-state index is 13.5. The normalized spacial score (nSPS) is 30.9. The Morgan fingerprint density at radius 2 is 2.17 bits per heavy atom. The molecule has 2 bridgehead atoms. The molecule has 30 heavy (non-hydrogen) atoms. The largest absolute Gasteiger partial charge is 0.330 e. The Morgan fingerprint density at radius 1 is 1.20 bits per heavy atom. The highest BCUT2D eigenvalue weighted by atomic mass is 16.2. The van der Waals surface area contributed by atoms with Gasteiger partial charge in [-0.2, -0.15) is 5.10 Å². The Labute approximate surface area is 177 Å². The highest BCUT2D eigenvalue weighted by molar-refractivity contribution is 5.94. The number of H-pyrrole nitrogens is 1. The molecule has 2 aromatic heterocycles. The molecule has 5 heterocycles. The van der Waals surface area contributed by atoms with Crippen LogP contribution in [0.4, 0.5) is 0 Å². The Kier molecular flexibility index (Phi) is 4.48. The summed E-state index contributed by atoms with van der Waals surface area (Å²) < 4.78 is 0. The number of hydrogen-bond acceptors (Lipinski definition) is 4. The van der Waals surface area contributed by atoms with Gasteiger partial charge in [0.1, 0.15) is 5.69 Å². The molecule has 1 N–H and O–H groups in total. The first-order valence-corrected chi connectivity index (χ1v) is 11.5. The Morgan fingerprint density at radius 3 is 3.07 bits per heavy atom. The first-order chi connectivity index (χ1) is 14.8. The van der Waals surface area contributed by atoms with Crippen molar-refractivity contribution in [2.75, 3.05) is 19.6 Å². The summed E-state index contributed by atoms with van der Waals surface area (Å²) in [5.74, 6) is 1.34. The van der Waals surface area contributed by atoms with E-state index < -0.39 is 0 Å². The molecular weight excluding hydrogens is 374 g/mol. The summed E-state index contributed by atoms with van der Waals surface area (Å²) >= 11 is 0. The van der Waals surface area contributed by atoms with Gasteiger partial charge in [-0.15, -0.1) is 0 Å². The molecule has 4 atom stereocenters. The van der Waals surface area contributed by atoms with Gasteiger partial charge in [0.15, 0.2) is 0 Å². The number of hydrogen-bond donors (Lipinski definition) is 1. The fourth-order valence-electron chi connectivity index (χ4n) is 6.45. The summed E-state index contributed by atoms with van der Waals surface area (Å²) in [6.45, 7) is 3.22. The summed E-state index contributed by atoms with van der Waals surface area (Å²) in [6.07, 6.45) is 13.6. The first-order valence-electron chi connectivity index (χ1n) is 11.5. The third-order valence-corrected chi connectivity index (χ3v) is 7.68. The van der Waals surface area contributed by atoms with Crippen molar-refractivity contribution in [3.8, 4) is 11.3 Å². The maximum Gasteiger partial charge on any atom is 0.272 e. The van der Waals surface area contributed by atoms with E-state index in [1.807, 2.05) is 18.2 Å². The molecule has 156 valence electrons. The van der Waals surface area contributed by atoms with E-state index in [4.69, 9.17) is 0 Å². The van der Waals surface area contributed by atoms with Crippen molar-refractivity contribution in [2.45, 2.75) is 50.6 Å². The summed E-state index contributed by atoms with van der Waals surface area (Å²) in [5, 5.41) is 7.39.